The van der Waals surface area contributed by atoms with Crippen molar-refractivity contribution in [3.8, 4) is 16.8 Å². The molecule has 12 heteroatoms. The second kappa shape index (κ2) is 15.1. The van der Waals surface area contributed by atoms with E-state index in [2.05, 4.69) is 83.8 Å². The summed E-state index contributed by atoms with van der Waals surface area (Å²) in [6.07, 6.45) is 0. The lowest BCUT2D eigenvalue weighted by Crippen LogP contribution is -2.46. The summed E-state index contributed by atoms with van der Waals surface area (Å²) in [6, 6.07) is 21.0. The zero-order valence-electron chi connectivity index (χ0n) is 23.0. The number of aliphatic carboxylic acids is 4. The lowest BCUT2D eigenvalue weighted by molar-refractivity contribution is -0.159. The highest BCUT2D eigenvalue weighted by Gasteiger charge is 2.21. The smallest absolute Gasteiger partial charge is 0.414 e. The SMILES string of the molecule is Cc1cc(C(=O)CN2CCN(C)CC2)c(C)n1-c1ccc(-c2ccccc2)cc1.O=C(O)C(=O)O.O=C(O)C(=O)O. The molecule has 41 heavy (non-hydrogen) atoms. The van der Waals surface area contributed by atoms with E-state index in [4.69, 9.17) is 39.6 Å². The van der Waals surface area contributed by atoms with Gasteiger partial charge in [-0.3, -0.25) is 9.69 Å². The molecule has 1 fully saturated rings. The van der Waals surface area contributed by atoms with Gasteiger partial charge in [-0.1, -0.05) is 42.5 Å². The Kier molecular flexibility index (Phi) is 11.9. The maximum Gasteiger partial charge on any atom is 0.414 e. The Labute approximate surface area is 236 Å². The van der Waals surface area contributed by atoms with E-state index in [9.17, 15) is 4.79 Å². The van der Waals surface area contributed by atoms with Crippen LogP contribution in [0.25, 0.3) is 16.8 Å². The van der Waals surface area contributed by atoms with Gasteiger partial charge in [0.05, 0.1) is 6.54 Å². The van der Waals surface area contributed by atoms with Gasteiger partial charge in [-0.25, -0.2) is 19.2 Å². The topological polar surface area (TPSA) is 178 Å². The highest BCUT2D eigenvalue weighted by Crippen LogP contribution is 2.25. The zero-order valence-corrected chi connectivity index (χ0v) is 23.0. The van der Waals surface area contributed by atoms with Crippen molar-refractivity contribution in [2.45, 2.75) is 13.8 Å². The van der Waals surface area contributed by atoms with E-state index in [0.29, 0.717) is 6.54 Å². The van der Waals surface area contributed by atoms with Crippen molar-refractivity contribution in [2.75, 3.05) is 39.8 Å². The number of aromatic nitrogens is 1. The molecule has 0 bridgehead atoms. The Bertz CT molecular complexity index is 1330. The molecule has 4 rings (SSSR count). The molecule has 2 aromatic carbocycles. The molecular weight excluding hydrogens is 534 g/mol. The van der Waals surface area contributed by atoms with Crippen molar-refractivity contribution in [1.29, 1.82) is 0 Å². The second-order valence-electron chi connectivity index (χ2n) is 9.26. The number of carboxylic acid groups (broad SMARTS) is 4. The minimum atomic E-state index is -1.82. The maximum absolute atomic E-state index is 13.0. The third-order valence-electron chi connectivity index (χ3n) is 6.29. The molecule has 0 unspecified atom stereocenters. The summed E-state index contributed by atoms with van der Waals surface area (Å²) in [4.78, 5) is 54.0. The van der Waals surface area contributed by atoms with Gasteiger partial charge in [0.2, 0.25) is 0 Å². The number of carbonyl (C=O) groups is 5. The number of piperazine rings is 1. The molecule has 0 amide bonds. The minimum Gasteiger partial charge on any atom is -0.473 e. The van der Waals surface area contributed by atoms with Crippen LogP contribution in [0, 0.1) is 13.8 Å². The monoisotopic (exact) mass is 567 g/mol. The number of carbonyl (C=O) groups excluding carboxylic acids is 1. The Morgan fingerprint density at radius 2 is 1.15 bits per heavy atom. The average Bonchev–Trinajstić information content (AvgIpc) is 3.24. The summed E-state index contributed by atoms with van der Waals surface area (Å²) in [7, 11) is 2.13. The van der Waals surface area contributed by atoms with Crippen LogP contribution in [0.15, 0.2) is 60.7 Å². The standard InChI is InChI=1S/C25H29N3O.2C2H2O4/c1-19-17-24(25(29)18-27-15-13-26(3)14-16-27)20(2)28(19)23-11-9-22(10-12-23)21-7-5-4-6-8-21;2*3-1(4)2(5)6/h4-12,17H,13-16,18H2,1-3H3;2*(H,3,4)(H,5,6). The van der Waals surface area contributed by atoms with E-state index in [1.807, 2.05) is 12.1 Å². The lowest BCUT2D eigenvalue weighted by atomic mass is 10.1. The third kappa shape index (κ3) is 9.71. The number of rotatable bonds is 5. The molecule has 1 aliphatic heterocycles. The van der Waals surface area contributed by atoms with Crippen LogP contribution in [-0.4, -0.2) is 104 Å². The van der Waals surface area contributed by atoms with E-state index in [0.717, 1.165) is 48.8 Å². The van der Waals surface area contributed by atoms with Crippen LogP contribution >= 0.6 is 0 Å². The third-order valence-corrected chi connectivity index (χ3v) is 6.29. The normalized spacial score (nSPS) is 13.1. The molecule has 1 saturated heterocycles. The van der Waals surface area contributed by atoms with Gasteiger partial charge in [0.1, 0.15) is 0 Å². The maximum atomic E-state index is 13.0. The van der Waals surface area contributed by atoms with Crippen LogP contribution in [0.1, 0.15) is 21.7 Å². The fraction of sp³-hybridized carbons (Fsp3) is 0.276. The summed E-state index contributed by atoms with van der Waals surface area (Å²) in [5.41, 5.74) is 6.46. The van der Waals surface area contributed by atoms with Crippen LogP contribution in [-0.2, 0) is 19.2 Å². The average molecular weight is 568 g/mol. The molecule has 0 radical (unpaired) electrons. The van der Waals surface area contributed by atoms with E-state index in [-0.39, 0.29) is 5.78 Å². The number of ketones is 1. The number of Topliss-reactive ketones (excluding diaryl/α,β-unsaturated/α-hetero) is 1. The van der Waals surface area contributed by atoms with Gasteiger partial charge < -0.3 is 29.9 Å². The minimum absolute atomic E-state index is 0.217. The van der Waals surface area contributed by atoms with Crippen LogP contribution < -0.4 is 0 Å². The second-order valence-corrected chi connectivity index (χ2v) is 9.26. The zero-order chi connectivity index (χ0) is 30.7. The molecular formula is C29H33N3O9. The molecule has 1 aromatic heterocycles. The van der Waals surface area contributed by atoms with Crippen molar-refractivity contribution >= 4 is 29.7 Å². The Morgan fingerprint density at radius 1 is 0.683 bits per heavy atom. The summed E-state index contributed by atoms with van der Waals surface area (Å²) >= 11 is 0. The van der Waals surface area contributed by atoms with E-state index in [1.165, 1.54) is 11.1 Å². The van der Waals surface area contributed by atoms with Gasteiger partial charge in [-0.15, -0.1) is 0 Å². The first-order valence-corrected chi connectivity index (χ1v) is 12.5. The Morgan fingerprint density at radius 3 is 1.61 bits per heavy atom. The molecule has 4 N–H and O–H groups in total. The molecule has 0 atom stereocenters. The fourth-order valence-electron chi connectivity index (χ4n) is 4.17. The van der Waals surface area contributed by atoms with E-state index < -0.39 is 23.9 Å². The molecule has 218 valence electrons. The van der Waals surface area contributed by atoms with Gasteiger partial charge in [0, 0.05) is 48.8 Å². The van der Waals surface area contributed by atoms with Gasteiger partial charge in [-0.05, 0) is 50.2 Å². The van der Waals surface area contributed by atoms with E-state index >= 15 is 0 Å². The van der Waals surface area contributed by atoms with Crippen molar-refractivity contribution in [3.05, 3.63) is 77.6 Å². The highest BCUT2D eigenvalue weighted by molar-refractivity contribution is 6.27. The van der Waals surface area contributed by atoms with Crippen molar-refractivity contribution in [1.82, 2.24) is 14.4 Å². The van der Waals surface area contributed by atoms with Crippen molar-refractivity contribution in [3.63, 3.8) is 0 Å². The Balaban J connectivity index is 0.000000413. The van der Waals surface area contributed by atoms with Crippen molar-refractivity contribution < 1.29 is 44.4 Å². The lowest BCUT2D eigenvalue weighted by Gasteiger charge is -2.31. The molecule has 1 aliphatic rings. The molecule has 12 nitrogen and oxygen atoms in total. The number of aryl methyl sites for hydroxylation is 1. The quantitative estimate of drug-likeness (QED) is 0.263. The number of likely N-dealkylation sites (N-methyl/N-ethyl adjacent to an activating group) is 1. The first-order chi connectivity index (χ1) is 19.3. The molecule has 2 heterocycles. The molecule has 0 aliphatic carbocycles. The first-order valence-electron chi connectivity index (χ1n) is 12.5. The van der Waals surface area contributed by atoms with Crippen LogP contribution in [0.5, 0.6) is 0 Å². The fourth-order valence-corrected chi connectivity index (χ4v) is 4.17. The Hall–Kier alpha value is -4.81. The summed E-state index contributed by atoms with van der Waals surface area (Å²) < 4.78 is 2.19. The van der Waals surface area contributed by atoms with Gasteiger partial charge >= 0.3 is 23.9 Å². The molecule has 3 aromatic rings. The van der Waals surface area contributed by atoms with E-state index in [1.54, 1.807) is 0 Å². The summed E-state index contributed by atoms with van der Waals surface area (Å²) in [5.74, 6) is -7.08. The number of hydrogen-bond acceptors (Lipinski definition) is 7. The predicted molar refractivity (Wildman–Crippen MR) is 149 cm³/mol. The predicted octanol–water partition coefficient (Wildman–Crippen LogP) is 2.50. The van der Waals surface area contributed by atoms with Crippen LogP contribution in [0.4, 0.5) is 0 Å². The number of nitrogens with zero attached hydrogens (tertiary/aromatic N) is 3. The van der Waals surface area contributed by atoms with Crippen LogP contribution in [0.3, 0.4) is 0 Å². The van der Waals surface area contributed by atoms with Crippen molar-refractivity contribution in [2.24, 2.45) is 0 Å². The number of hydrogen-bond donors (Lipinski definition) is 4. The number of carboxylic acids is 4. The molecule has 0 saturated carbocycles. The summed E-state index contributed by atoms with van der Waals surface area (Å²) in [6.45, 7) is 8.61. The highest BCUT2D eigenvalue weighted by atomic mass is 16.4. The van der Waals surface area contributed by atoms with Gasteiger partial charge in [0.15, 0.2) is 5.78 Å². The van der Waals surface area contributed by atoms with Crippen LogP contribution in [0.2, 0.25) is 0 Å². The number of benzene rings is 2. The summed E-state index contributed by atoms with van der Waals surface area (Å²) in [5, 5.41) is 29.6. The largest absolute Gasteiger partial charge is 0.473 e. The first kappa shape index (κ1) is 32.4. The molecule has 0 spiro atoms. The van der Waals surface area contributed by atoms with Gasteiger partial charge in [-0.2, -0.15) is 0 Å². The van der Waals surface area contributed by atoms with Gasteiger partial charge in [0.25, 0.3) is 0 Å².